The van der Waals surface area contributed by atoms with Crippen LogP contribution in [0.1, 0.15) is 48.4 Å². The fourth-order valence-electron chi connectivity index (χ4n) is 4.26. The van der Waals surface area contributed by atoms with Gasteiger partial charge in [0.15, 0.2) is 0 Å². The van der Waals surface area contributed by atoms with Gasteiger partial charge in [0.1, 0.15) is 6.54 Å². The molecule has 3 amide bonds. The smallest absolute Gasteiger partial charge is 0.418 e. The number of nitrogens with one attached hydrogen (secondary N) is 1. The molecule has 1 heterocycles. The van der Waals surface area contributed by atoms with E-state index in [-0.39, 0.29) is 12.5 Å². The molecule has 29 heavy (non-hydrogen) atoms. The zero-order valence-corrected chi connectivity index (χ0v) is 16.8. The van der Waals surface area contributed by atoms with E-state index in [0.29, 0.717) is 12.8 Å². The van der Waals surface area contributed by atoms with Gasteiger partial charge in [0, 0.05) is 17.7 Å². The second-order valence-corrected chi connectivity index (χ2v) is 7.99. The zero-order chi connectivity index (χ0) is 20.8. The van der Waals surface area contributed by atoms with Crippen LogP contribution in [0.15, 0.2) is 42.5 Å². The predicted molar refractivity (Wildman–Crippen MR) is 109 cm³/mol. The molecule has 0 aromatic heterocycles. The number of anilines is 1. The fourth-order valence-corrected chi connectivity index (χ4v) is 4.26. The molecule has 1 spiro atoms. The topological polar surface area (TPSA) is 75.7 Å². The van der Waals surface area contributed by atoms with Crippen LogP contribution >= 0.6 is 0 Å². The van der Waals surface area contributed by atoms with Crippen LogP contribution in [-0.2, 0) is 26.3 Å². The number of nitrogens with zero attached hydrogens (tertiary/aromatic N) is 1. The highest BCUT2D eigenvalue weighted by Crippen LogP contribution is 2.45. The van der Waals surface area contributed by atoms with Crippen molar-refractivity contribution in [1.29, 1.82) is 0 Å². The van der Waals surface area contributed by atoms with Gasteiger partial charge in [-0.2, -0.15) is 0 Å². The first-order chi connectivity index (χ1) is 13.8. The second-order valence-electron chi connectivity index (χ2n) is 7.99. The molecule has 1 fully saturated rings. The molecule has 0 unspecified atom stereocenters. The number of amides is 3. The molecule has 2 aliphatic rings. The zero-order valence-electron chi connectivity index (χ0n) is 16.8. The lowest BCUT2D eigenvalue weighted by atomic mass is 9.95. The second kappa shape index (κ2) is 7.03. The number of rotatable bonds is 4. The fraction of sp³-hybridized carbons (Fsp3) is 0.348. The highest BCUT2D eigenvalue weighted by atomic mass is 16.6. The first-order valence-electron chi connectivity index (χ1n) is 9.86. The third kappa shape index (κ3) is 3.09. The maximum Gasteiger partial charge on any atom is 0.418 e. The Kier molecular flexibility index (Phi) is 4.65. The lowest BCUT2D eigenvalue weighted by molar-refractivity contribution is -0.139. The van der Waals surface area contributed by atoms with Crippen molar-refractivity contribution in [3.8, 4) is 0 Å². The highest BCUT2D eigenvalue weighted by molar-refractivity contribution is 6.07. The Morgan fingerprint density at radius 2 is 1.93 bits per heavy atom. The minimum Gasteiger partial charge on any atom is -0.427 e. The lowest BCUT2D eigenvalue weighted by Crippen LogP contribution is -2.41. The Hall–Kier alpha value is -3.15. The molecule has 1 N–H and O–H groups in total. The van der Waals surface area contributed by atoms with E-state index < -0.39 is 23.5 Å². The van der Waals surface area contributed by atoms with Crippen LogP contribution in [0.4, 0.5) is 10.5 Å². The molecule has 6 heteroatoms. The number of aryl methyl sites for hydroxylation is 2. The minimum atomic E-state index is -1.29. The van der Waals surface area contributed by atoms with Gasteiger partial charge in [0.05, 0.1) is 0 Å². The molecular formula is C23H24N2O4. The van der Waals surface area contributed by atoms with Crippen LogP contribution in [0, 0.1) is 6.92 Å². The summed E-state index contributed by atoms with van der Waals surface area (Å²) in [6.07, 6.45) is 0.302. The number of ether oxygens (including phenoxy) is 1. The largest absolute Gasteiger partial charge is 0.427 e. The van der Waals surface area contributed by atoms with Gasteiger partial charge in [-0.1, -0.05) is 56.3 Å². The summed E-state index contributed by atoms with van der Waals surface area (Å²) in [5, 5.41) is 2.89. The Morgan fingerprint density at radius 3 is 2.69 bits per heavy atom. The number of para-hydroxylation sites is 1. The van der Waals surface area contributed by atoms with Gasteiger partial charge >= 0.3 is 6.09 Å². The van der Waals surface area contributed by atoms with Crippen LogP contribution in [0.3, 0.4) is 0 Å². The molecule has 6 nitrogen and oxygen atoms in total. The number of benzene rings is 2. The molecular weight excluding hydrogens is 368 g/mol. The van der Waals surface area contributed by atoms with E-state index in [0.717, 1.165) is 32.8 Å². The minimum absolute atomic E-state index is 0.224. The van der Waals surface area contributed by atoms with E-state index in [9.17, 15) is 14.4 Å². The number of imide groups is 1. The maximum absolute atomic E-state index is 13.1. The van der Waals surface area contributed by atoms with Crippen molar-refractivity contribution in [3.63, 3.8) is 0 Å². The normalized spacial score (nSPS) is 20.3. The number of fused-ring (bicyclic) bond motifs is 2. The number of hydrogen-bond donors (Lipinski definition) is 1. The summed E-state index contributed by atoms with van der Waals surface area (Å²) in [5.41, 5.74) is 3.10. The summed E-state index contributed by atoms with van der Waals surface area (Å²) in [6, 6.07) is 13.3. The van der Waals surface area contributed by atoms with Gasteiger partial charge in [-0.25, -0.2) is 9.69 Å². The van der Waals surface area contributed by atoms with E-state index in [1.165, 1.54) is 0 Å². The van der Waals surface area contributed by atoms with Crippen molar-refractivity contribution < 1.29 is 19.1 Å². The third-order valence-electron chi connectivity index (χ3n) is 5.76. The van der Waals surface area contributed by atoms with Crippen molar-refractivity contribution in [3.05, 3.63) is 64.7 Å². The Balaban J connectivity index is 1.55. The monoisotopic (exact) mass is 392 g/mol. The van der Waals surface area contributed by atoms with Gasteiger partial charge in [0.25, 0.3) is 5.91 Å². The van der Waals surface area contributed by atoms with E-state index in [1.54, 1.807) is 0 Å². The first kappa shape index (κ1) is 19.2. The lowest BCUT2D eigenvalue weighted by Gasteiger charge is -2.20. The van der Waals surface area contributed by atoms with Gasteiger partial charge < -0.3 is 10.1 Å². The molecule has 150 valence electrons. The van der Waals surface area contributed by atoms with Crippen LogP contribution in [0.25, 0.3) is 0 Å². The van der Waals surface area contributed by atoms with E-state index in [1.807, 2.05) is 63.2 Å². The van der Waals surface area contributed by atoms with Crippen LogP contribution in [0.5, 0.6) is 0 Å². The molecule has 0 bridgehead atoms. The highest BCUT2D eigenvalue weighted by Gasteiger charge is 2.58. The van der Waals surface area contributed by atoms with Crippen molar-refractivity contribution in [2.45, 2.75) is 45.1 Å². The molecule has 1 aliphatic heterocycles. The van der Waals surface area contributed by atoms with E-state index in [4.69, 9.17) is 4.74 Å². The van der Waals surface area contributed by atoms with Crippen LogP contribution in [0.2, 0.25) is 0 Å². The molecule has 4 rings (SSSR count). The van der Waals surface area contributed by atoms with E-state index in [2.05, 4.69) is 5.32 Å². The average Bonchev–Trinajstić information content (AvgIpc) is 3.17. The van der Waals surface area contributed by atoms with Crippen molar-refractivity contribution in [2.24, 2.45) is 0 Å². The average molecular weight is 392 g/mol. The van der Waals surface area contributed by atoms with Crippen molar-refractivity contribution >= 4 is 23.6 Å². The van der Waals surface area contributed by atoms with Gasteiger partial charge in [0.2, 0.25) is 11.5 Å². The van der Waals surface area contributed by atoms with Crippen LogP contribution < -0.4 is 5.32 Å². The third-order valence-corrected chi connectivity index (χ3v) is 5.76. The summed E-state index contributed by atoms with van der Waals surface area (Å²) in [7, 11) is 0. The molecule has 1 saturated heterocycles. The standard InChI is InChI=1S/C23H24N2O4/c1-14(2)17-9-6-7-15(3)20(17)24-19(26)13-25-21(27)23(29-22(25)28)12-11-16-8-4-5-10-18(16)23/h4-10,14H,11-13H2,1-3H3,(H,24,26)/t23-/m0/s1. The Morgan fingerprint density at radius 1 is 1.17 bits per heavy atom. The van der Waals surface area contributed by atoms with E-state index >= 15 is 0 Å². The summed E-state index contributed by atoms with van der Waals surface area (Å²) in [4.78, 5) is 39.3. The number of carbonyl (C=O) groups excluding carboxylic acids is 3. The SMILES string of the molecule is Cc1cccc(C(C)C)c1NC(=O)CN1C(=O)O[C@]2(CCc3ccccc32)C1=O. The summed E-state index contributed by atoms with van der Waals surface area (Å²) in [6.45, 7) is 5.65. The predicted octanol–water partition coefficient (Wildman–Crippen LogP) is 3.88. The Labute approximate surface area is 169 Å². The van der Waals surface area contributed by atoms with Crippen LogP contribution in [-0.4, -0.2) is 29.4 Å². The first-order valence-corrected chi connectivity index (χ1v) is 9.86. The summed E-state index contributed by atoms with van der Waals surface area (Å²) in [5.74, 6) is -0.659. The number of hydrogen-bond acceptors (Lipinski definition) is 4. The molecule has 0 radical (unpaired) electrons. The van der Waals surface area contributed by atoms with Crippen molar-refractivity contribution in [1.82, 2.24) is 4.90 Å². The molecule has 2 aromatic carbocycles. The Bertz CT molecular complexity index is 1010. The van der Waals surface area contributed by atoms with Gasteiger partial charge in [-0.3, -0.25) is 9.59 Å². The van der Waals surface area contributed by atoms with Gasteiger partial charge in [-0.15, -0.1) is 0 Å². The molecule has 2 aromatic rings. The molecule has 1 atom stereocenters. The quantitative estimate of drug-likeness (QED) is 0.857. The summed E-state index contributed by atoms with van der Waals surface area (Å²) >= 11 is 0. The van der Waals surface area contributed by atoms with Crippen molar-refractivity contribution in [2.75, 3.05) is 11.9 Å². The maximum atomic E-state index is 13.1. The molecule has 0 saturated carbocycles. The summed E-state index contributed by atoms with van der Waals surface area (Å²) < 4.78 is 5.56. The molecule has 1 aliphatic carbocycles. The number of carbonyl (C=O) groups is 3. The van der Waals surface area contributed by atoms with Gasteiger partial charge in [-0.05, 0) is 36.0 Å².